The van der Waals surface area contributed by atoms with E-state index in [1.807, 2.05) is 17.0 Å². The number of benzene rings is 1. The highest BCUT2D eigenvalue weighted by Crippen LogP contribution is 2.15. The molecule has 0 atom stereocenters. The summed E-state index contributed by atoms with van der Waals surface area (Å²) in [7, 11) is 0. The first-order valence-corrected chi connectivity index (χ1v) is 8.73. The van der Waals surface area contributed by atoms with Crippen molar-refractivity contribution in [1.82, 2.24) is 20.2 Å². The number of carbonyl (C=O) groups is 1. The van der Waals surface area contributed by atoms with Crippen LogP contribution >= 0.6 is 0 Å². The first-order valence-electron chi connectivity index (χ1n) is 8.73. The summed E-state index contributed by atoms with van der Waals surface area (Å²) in [5.41, 5.74) is 2.54. The number of ether oxygens (including phenoxy) is 1. The lowest BCUT2D eigenvalue weighted by molar-refractivity contribution is 0.103. The van der Waals surface area contributed by atoms with Gasteiger partial charge in [-0.05, 0) is 30.5 Å². The molecule has 6 nitrogen and oxygen atoms in total. The van der Waals surface area contributed by atoms with Crippen molar-refractivity contribution in [3.05, 3.63) is 53.9 Å². The molecule has 1 fully saturated rings. The fraction of sp³-hybridized carbons (Fsp3) is 0.421. The van der Waals surface area contributed by atoms with E-state index in [-0.39, 0.29) is 12.1 Å². The van der Waals surface area contributed by atoms with Gasteiger partial charge in [-0.25, -0.2) is 14.8 Å². The molecule has 6 heteroatoms. The Morgan fingerprint density at radius 1 is 1.20 bits per heavy atom. The molecule has 0 radical (unpaired) electrons. The van der Waals surface area contributed by atoms with Gasteiger partial charge in [-0.3, -0.25) is 0 Å². The van der Waals surface area contributed by atoms with Crippen molar-refractivity contribution in [2.75, 3.05) is 19.6 Å². The van der Waals surface area contributed by atoms with Gasteiger partial charge in [0.25, 0.3) is 0 Å². The van der Waals surface area contributed by atoms with E-state index >= 15 is 0 Å². The second kappa shape index (κ2) is 8.46. The molecule has 1 N–H and O–H groups in total. The van der Waals surface area contributed by atoms with E-state index in [4.69, 9.17) is 4.74 Å². The zero-order valence-electron chi connectivity index (χ0n) is 14.5. The Morgan fingerprint density at radius 2 is 1.92 bits per heavy atom. The molecule has 1 aliphatic heterocycles. The van der Waals surface area contributed by atoms with Crippen LogP contribution in [0.3, 0.4) is 0 Å². The SMILES string of the molecule is Cc1ccccc1CCNC(=O)N1CCC(Oc2ncccn2)CC1. The van der Waals surface area contributed by atoms with Crippen LogP contribution in [0.5, 0.6) is 6.01 Å². The molecule has 3 rings (SSSR count). The molecule has 0 bridgehead atoms. The average Bonchev–Trinajstić information content (AvgIpc) is 2.65. The minimum absolute atomic E-state index is 0.00277. The second-order valence-corrected chi connectivity index (χ2v) is 6.24. The number of aryl methyl sites for hydroxylation is 1. The van der Waals surface area contributed by atoms with E-state index in [9.17, 15) is 4.79 Å². The van der Waals surface area contributed by atoms with Gasteiger partial charge in [-0.2, -0.15) is 0 Å². The molecular weight excluding hydrogens is 316 g/mol. The lowest BCUT2D eigenvalue weighted by Gasteiger charge is -2.31. The van der Waals surface area contributed by atoms with Crippen LogP contribution in [0.4, 0.5) is 4.79 Å². The Hall–Kier alpha value is -2.63. The van der Waals surface area contributed by atoms with Crippen LogP contribution in [0.2, 0.25) is 0 Å². The number of nitrogens with one attached hydrogen (secondary N) is 1. The van der Waals surface area contributed by atoms with Crippen LogP contribution in [0.15, 0.2) is 42.7 Å². The van der Waals surface area contributed by atoms with Crippen molar-refractivity contribution in [2.24, 2.45) is 0 Å². The molecule has 1 aromatic carbocycles. The summed E-state index contributed by atoms with van der Waals surface area (Å²) in [6.07, 6.45) is 5.84. The largest absolute Gasteiger partial charge is 0.460 e. The lowest BCUT2D eigenvalue weighted by Crippen LogP contribution is -2.47. The monoisotopic (exact) mass is 340 g/mol. The van der Waals surface area contributed by atoms with Gasteiger partial charge in [0.2, 0.25) is 0 Å². The van der Waals surface area contributed by atoms with E-state index in [0.29, 0.717) is 25.6 Å². The molecule has 1 aliphatic rings. The maximum absolute atomic E-state index is 12.3. The lowest BCUT2D eigenvalue weighted by atomic mass is 10.1. The van der Waals surface area contributed by atoms with Crippen molar-refractivity contribution in [2.45, 2.75) is 32.3 Å². The third-order valence-electron chi connectivity index (χ3n) is 4.48. The minimum Gasteiger partial charge on any atom is -0.460 e. The van der Waals surface area contributed by atoms with Gasteiger partial charge in [-0.1, -0.05) is 24.3 Å². The molecule has 132 valence electrons. The van der Waals surface area contributed by atoms with Gasteiger partial charge in [0.1, 0.15) is 6.10 Å². The number of amides is 2. The Kier molecular flexibility index (Phi) is 5.82. The summed E-state index contributed by atoms with van der Waals surface area (Å²) >= 11 is 0. The number of hydrogen-bond acceptors (Lipinski definition) is 4. The van der Waals surface area contributed by atoms with E-state index in [1.165, 1.54) is 11.1 Å². The summed E-state index contributed by atoms with van der Waals surface area (Å²) in [6, 6.07) is 10.4. The Morgan fingerprint density at radius 3 is 2.64 bits per heavy atom. The van der Waals surface area contributed by atoms with Crippen molar-refractivity contribution in [1.29, 1.82) is 0 Å². The van der Waals surface area contributed by atoms with Gasteiger partial charge >= 0.3 is 12.0 Å². The van der Waals surface area contributed by atoms with Gasteiger partial charge in [-0.15, -0.1) is 0 Å². The number of carbonyl (C=O) groups excluding carboxylic acids is 1. The normalized spacial score (nSPS) is 15.0. The predicted octanol–water partition coefficient (Wildman–Crippen LogP) is 2.58. The summed E-state index contributed by atoms with van der Waals surface area (Å²) in [5.74, 6) is 0. The molecule has 1 aromatic heterocycles. The number of piperidine rings is 1. The highest BCUT2D eigenvalue weighted by atomic mass is 16.5. The quantitative estimate of drug-likeness (QED) is 0.908. The van der Waals surface area contributed by atoms with Gasteiger partial charge in [0, 0.05) is 44.9 Å². The van der Waals surface area contributed by atoms with Crippen LogP contribution in [-0.4, -0.2) is 46.6 Å². The fourth-order valence-electron chi connectivity index (χ4n) is 2.98. The van der Waals surface area contributed by atoms with E-state index in [1.54, 1.807) is 18.5 Å². The van der Waals surface area contributed by atoms with Crippen LogP contribution in [-0.2, 0) is 6.42 Å². The Bertz CT molecular complexity index is 685. The highest BCUT2D eigenvalue weighted by molar-refractivity contribution is 5.74. The Labute approximate surface area is 148 Å². The maximum Gasteiger partial charge on any atom is 0.317 e. The number of urea groups is 1. The first kappa shape index (κ1) is 17.2. The maximum atomic E-state index is 12.3. The van der Waals surface area contributed by atoms with E-state index in [0.717, 1.165) is 19.3 Å². The van der Waals surface area contributed by atoms with Gasteiger partial charge in [0.05, 0.1) is 0 Å². The summed E-state index contributed by atoms with van der Waals surface area (Å²) in [4.78, 5) is 22.3. The molecule has 0 unspecified atom stereocenters. The van der Waals surface area contributed by atoms with Crippen LogP contribution < -0.4 is 10.1 Å². The molecule has 25 heavy (non-hydrogen) atoms. The average molecular weight is 340 g/mol. The van der Waals surface area contributed by atoms with Crippen molar-refractivity contribution < 1.29 is 9.53 Å². The second-order valence-electron chi connectivity index (χ2n) is 6.24. The molecule has 0 aliphatic carbocycles. The number of rotatable bonds is 5. The van der Waals surface area contributed by atoms with Crippen molar-refractivity contribution >= 4 is 6.03 Å². The molecule has 2 amide bonds. The van der Waals surface area contributed by atoms with Crippen LogP contribution in [0.1, 0.15) is 24.0 Å². The predicted molar refractivity (Wildman–Crippen MR) is 95.5 cm³/mol. The summed E-state index contributed by atoms with van der Waals surface area (Å²) in [6.45, 7) is 4.12. The number of nitrogens with zero attached hydrogens (tertiary/aromatic N) is 3. The third-order valence-corrected chi connectivity index (χ3v) is 4.48. The molecule has 0 spiro atoms. The molecule has 1 saturated heterocycles. The van der Waals surface area contributed by atoms with Crippen molar-refractivity contribution in [3.8, 4) is 6.01 Å². The zero-order valence-corrected chi connectivity index (χ0v) is 14.5. The number of hydrogen-bond donors (Lipinski definition) is 1. The van der Waals surface area contributed by atoms with E-state index in [2.05, 4.69) is 34.3 Å². The van der Waals surface area contributed by atoms with Crippen LogP contribution in [0, 0.1) is 6.92 Å². The fourth-order valence-corrected chi connectivity index (χ4v) is 2.98. The standard InChI is InChI=1S/C19H24N4O2/c1-15-5-2-3-6-16(15)7-12-22-19(24)23-13-8-17(9-14-23)25-18-20-10-4-11-21-18/h2-6,10-11,17H,7-9,12-14H2,1H3,(H,22,24). The first-order chi connectivity index (χ1) is 12.2. The number of likely N-dealkylation sites (tertiary alicyclic amines) is 1. The third kappa shape index (κ3) is 4.92. The smallest absolute Gasteiger partial charge is 0.317 e. The van der Waals surface area contributed by atoms with Gasteiger partial charge < -0.3 is 15.0 Å². The van der Waals surface area contributed by atoms with Crippen LogP contribution in [0.25, 0.3) is 0 Å². The molecule has 0 saturated carbocycles. The van der Waals surface area contributed by atoms with E-state index < -0.39 is 0 Å². The summed E-state index contributed by atoms with van der Waals surface area (Å²) in [5, 5.41) is 3.01. The zero-order chi connectivity index (χ0) is 17.5. The summed E-state index contributed by atoms with van der Waals surface area (Å²) < 4.78 is 5.75. The number of aromatic nitrogens is 2. The topological polar surface area (TPSA) is 67.4 Å². The van der Waals surface area contributed by atoms with Crippen molar-refractivity contribution in [3.63, 3.8) is 0 Å². The molecule has 2 heterocycles. The Balaban J connectivity index is 1.39. The molecule has 2 aromatic rings. The van der Waals surface area contributed by atoms with Gasteiger partial charge in [0.15, 0.2) is 0 Å². The highest BCUT2D eigenvalue weighted by Gasteiger charge is 2.24. The minimum atomic E-state index is 0.00277. The molecular formula is C19H24N4O2.